The highest BCUT2D eigenvalue weighted by molar-refractivity contribution is 6.02. The summed E-state index contributed by atoms with van der Waals surface area (Å²) < 4.78 is 16.2. The first-order valence-corrected chi connectivity index (χ1v) is 12.2. The molecular formula is C27H34FN5O2. The van der Waals surface area contributed by atoms with Gasteiger partial charge in [0, 0.05) is 18.7 Å². The molecule has 1 saturated carbocycles. The van der Waals surface area contributed by atoms with Crippen molar-refractivity contribution in [3.63, 3.8) is 0 Å². The Balaban J connectivity index is 1.76. The van der Waals surface area contributed by atoms with Gasteiger partial charge in [0.1, 0.15) is 5.67 Å². The first-order valence-electron chi connectivity index (χ1n) is 12.2. The van der Waals surface area contributed by atoms with Gasteiger partial charge in [0.25, 0.3) is 5.91 Å². The lowest BCUT2D eigenvalue weighted by Crippen LogP contribution is -2.36. The average molecular weight is 480 g/mol. The monoisotopic (exact) mass is 479 g/mol. The van der Waals surface area contributed by atoms with Crippen molar-refractivity contribution in [2.45, 2.75) is 71.1 Å². The second kappa shape index (κ2) is 9.68. The van der Waals surface area contributed by atoms with E-state index in [4.69, 9.17) is 5.73 Å². The standard InChI is InChI=1S/C27H34FN5O2/c1-16(27(3,4)28)31-25-22(26(29)35)14-30-33-15-21(13-23(25)33)19-10-7-11-20(12-19)24(32-17(2)34)18-8-5-6-9-18/h7,10-16,18,24,31H,5-6,8-9H2,1-4H3,(H2,29,35)(H,32,34)/t16-,24?/m1/s1. The number of primary amides is 1. The maximum atomic E-state index is 14.6. The third-order valence-corrected chi connectivity index (χ3v) is 7.10. The summed E-state index contributed by atoms with van der Waals surface area (Å²) in [5.41, 5.74) is 8.31. The van der Waals surface area contributed by atoms with E-state index in [0.717, 1.165) is 29.5 Å². The van der Waals surface area contributed by atoms with Gasteiger partial charge in [0.05, 0.1) is 35.0 Å². The van der Waals surface area contributed by atoms with Crippen LogP contribution in [-0.4, -0.2) is 33.1 Å². The quantitative estimate of drug-likeness (QED) is 0.422. The van der Waals surface area contributed by atoms with Crippen LogP contribution in [0, 0.1) is 5.92 Å². The van der Waals surface area contributed by atoms with Gasteiger partial charge in [-0.3, -0.25) is 9.59 Å². The number of alkyl halides is 1. The molecule has 2 aromatic heterocycles. The van der Waals surface area contributed by atoms with Crippen molar-refractivity contribution < 1.29 is 14.0 Å². The molecule has 2 atom stereocenters. The van der Waals surface area contributed by atoms with E-state index in [0.29, 0.717) is 17.1 Å². The predicted molar refractivity (Wildman–Crippen MR) is 136 cm³/mol. The molecule has 2 amide bonds. The van der Waals surface area contributed by atoms with Crippen LogP contribution in [0.1, 0.15) is 75.3 Å². The molecule has 3 aromatic rings. The smallest absolute Gasteiger partial charge is 0.252 e. The first-order chi connectivity index (χ1) is 16.5. The number of nitrogens with one attached hydrogen (secondary N) is 2. The summed E-state index contributed by atoms with van der Waals surface area (Å²) in [5, 5.41) is 10.7. The highest BCUT2D eigenvalue weighted by Crippen LogP contribution is 2.37. The van der Waals surface area contributed by atoms with E-state index in [1.165, 1.54) is 32.9 Å². The van der Waals surface area contributed by atoms with Gasteiger partial charge >= 0.3 is 0 Å². The van der Waals surface area contributed by atoms with Crippen LogP contribution in [0.15, 0.2) is 42.7 Å². The summed E-state index contributed by atoms with van der Waals surface area (Å²) >= 11 is 0. The molecular weight excluding hydrogens is 445 g/mol. The van der Waals surface area contributed by atoms with Crippen LogP contribution in [0.4, 0.5) is 10.1 Å². The van der Waals surface area contributed by atoms with Crippen LogP contribution < -0.4 is 16.4 Å². The molecule has 4 N–H and O–H groups in total. The van der Waals surface area contributed by atoms with E-state index in [1.807, 2.05) is 24.4 Å². The molecule has 0 bridgehead atoms. The largest absolute Gasteiger partial charge is 0.377 e. The minimum atomic E-state index is -1.52. The number of nitrogens with zero attached hydrogens (tertiary/aromatic N) is 2. The van der Waals surface area contributed by atoms with Crippen LogP contribution in [0.5, 0.6) is 0 Å². The van der Waals surface area contributed by atoms with Crippen molar-refractivity contribution in [1.29, 1.82) is 0 Å². The van der Waals surface area contributed by atoms with Crippen molar-refractivity contribution >= 4 is 23.0 Å². The van der Waals surface area contributed by atoms with E-state index in [2.05, 4.69) is 27.9 Å². The molecule has 186 valence electrons. The molecule has 1 unspecified atom stereocenters. The fourth-order valence-corrected chi connectivity index (χ4v) is 4.84. The number of anilines is 1. The third kappa shape index (κ3) is 5.31. The zero-order chi connectivity index (χ0) is 25.3. The Morgan fingerprint density at radius 3 is 2.54 bits per heavy atom. The van der Waals surface area contributed by atoms with Gasteiger partial charge in [-0.1, -0.05) is 31.0 Å². The van der Waals surface area contributed by atoms with Gasteiger partial charge in [0.15, 0.2) is 0 Å². The number of hydrogen-bond donors (Lipinski definition) is 3. The highest BCUT2D eigenvalue weighted by Gasteiger charge is 2.28. The lowest BCUT2D eigenvalue weighted by atomic mass is 9.90. The van der Waals surface area contributed by atoms with Crippen LogP contribution in [-0.2, 0) is 4.79 Å². The van der Waals surface area contributed by atoms with E-state index < -0.39 is 17.6 Å². The van der Waals surface area contributed by atoms with Crippen molar-refractivity contribution in [3.05, 3.63) is 53.9 Å². The molecule has 1 fully saturated rings. The molecule has 7 nitrogen and oxygen atoms in total. The SMILES string of the molecule is CC(=O)NC(c1cccc(-c2cc3c(N[C@H](C)C(C)(C)F)c(C(N)=O)cnn3c2)c1)C1CCCC1. The summed E-state index contributed by atoms with van der Waals surface area (Å²) in [6, 6.07) is 9.47. The number of amides is 2. The molecule has 2 heterocycles. The zero-order valence-electron chi connectivity index (χ0n) is 20.8. The molecule has 35 heavy (non-hydrogen) atoms. The zero-order valence-corrected chi connectivity index (χ0v) is 20.8. The van der Waals surface area contributed by atoms with Crippen LogP contribution in [0.3, 0.4) is 0 Å². The Kier molecular flexibility index (Phi) is 6.83. The summed E-state index contributed by atoms with van der Waals surface area (Å²) in [6.45, 7) is 6.25. The lowest BCUT2D eigenvalue weighted by Gasteiger charge is -2.26. The number of benzene rings is 1. The topological polar surface area (TPSA) is 102 Å². The Morgan fingerprint density at radius 1 is 1.20 bits per heavy atom. The molecule has 0 aliphatic heterocycles. The van der Waals surface area contributed by atoms with E-state index in [-0.39, 0.29) is 17.5 Å². The summed E-state index contributed by atoms with van der Waals surface area (Å²) in [5.74, 6) is -0.250. The van der Waals surface area contributed by atoms with Crippen LogP contribution in [0.2, 0.25) is 0 Å². The fraction of sp³-hybridized carbons (Fsp3) is 0.444. The third-order valence-electron chi connectivity index (χ3n) is 7.10. The van der Waals surface area contributed by atoms with Gasteiger partial charge in [0.2, 0.25) is 5.91 Å². The number of aromatic nitrogens is 2. The van der Waals surface area contributed by atoms with Crippen molar-refractivity contribution in [3.8, 4) is 11.1 Å². The normalized spacial score (nSPS) is 16.3. The molecule has 0 spiro atoms. The van der Waals surface area contributed by atoms with Gasteiger partial charge < -0.3 is 16.4 Å². The molecule has 0 radical (unpaired) electrons. The molecule has 8 heteroatoms. The fourth-order valence-electron chi connectivity index (χ4n) is 4.84. The Hall–Kier alpha value is -3.42. The lowest BCUT2D eigenvalue weighted by molar-refractivity contribution is -0.120. The summed E-state index contributed by atoms with van der Waals surface area (Å²) in [7, 11) is 0. The predicted octanol–water partition coefficient (Wildman–Crippen LogP) is 5.02. The summed E-state index contributed by atoms with van der Waals surface area (Å²) in [6.07, 6.45) is 7.85. The average Bonchev–Trinajstić information content (AvgIpc) is 3.47. The molecule has 1 aliphatic carbocycles. The second-order valence-corrected chi connectivity index (χ2v) is 10.1. The van der Waals surface area contributed by atoms with E-state index in [1.54, 1.807) is 18.4 Å². The number of carbonyl (C=O) groups excluding carboxylic acids is 2. The van der Waals surface area contributed by atoms with Crippen LogP contribution in [0.25, 0.3) is 16.6 Å². The Bertz CT molecular complexity index is 1240. The van der Waals surface area contributed by atoms with Crippen LogP contribution >= 0.6 is 0 Å². The number of fused-ring (bicyclic) bond motifs is 1. The highest BCUT2D eigenvalue weighted by atomic mass is 19.1. The molecule has 4 rings (SSSR count). The van der Waals surface area contributed by atoms with Gasteiger partial charge in [-0.05, 0) is 62.8 Å². The van der Waals surface area contributed by atoms with Gasteiger partial charge in [-0.25, -0.2) is 8.91 Å². The molecule has 1 aromatic carbocycles. The number of nitrogens with two attached hydrogens (primary N) is 1. The van der Waals surface area contributed by atoms with E-state index >= 15 is 0 Å². The number of halogens is 1. The minimum Gasteiger partial charge on any atom is -0.377 e. The summed E-state index contributed by atoms with van der Waals surface area (Å²) in [4.78, 5) is 24.1. The van der Waals surface area contributed by atoms with Crippen molar-refractivity contribution in [2.24, 2.45) is 11.7 Å². The van der Waals surface area contributed by atoms with Crippen molar-refractivity contribution in [1.82, 2.24) is 14.9 Å². The second-order valence-electron chi connectivity index (χ2n) is 10.1. The first kappa shape index (κ1) is 24.7. The minimum absolute atomic E-state index is 0.0311. The molecule has 0 saturated heterocycles. The van der Waals surface area contributed by atoms with Gasteiger partial charge in [-0.15, -0.1) is 0 Å². The van der Waals surface area contributed by atoms with Crippen molar-refractivity contribution in [2.75, 3.05) is 5.32 Å². The maximum absolute atomic E-state index is 14.6. The van der Waals surface area contributed by atoms with Gasteiger partial charge in [-0.2, -0.15) is 5.10 Å². The number of rotatable bonds is 8. The maximum Gasteiger partial charge on any atom is 0.252 e. The van der Waals surface area contributed by atoms with E-state index in [9.17, 15) is 14.0 Å². The Labute approximate surface area is 205 Å². The number of carbonyl (C=O) groups is 2. The Morgan fingerprint density at radius 2 is 1.91 bits per heavy atom. The number of hydrogen-bond acceptors (Lipinski definition) is 4. The molecule has 1 aliphatic rings.